The average Bonchev–Trinajstić information content (AvgIpc) is 2.76. The fourth-order valence-electron chi connectivity index (χ4n) is 4.07. The van der Waals surface area contributed by atoms with Gasteiger partial charge in [-0.1, -0.05) is 30.3 Å². The van der Waals surface area contributed by atoms with Crippen LogP contribution in [0.2, 0.25) is 0 Å². The van der Waals surface area contributed by atoms with Gasteiger partial charge in [-0.25, -0.2) is 4.79 Å². The van der Waals surface area contributed by atoms with Crippen molar-refractivity contribution in [1.29, 1.82) is 0 Å². The minimum Gasteiger partial charge on any atom is -0.379 e. The average molecular weight is 380 g/mol. The molecule has 1 atom stereocenters. The number of carbonyl (C=O) groups is 1. The monoisotopic (exact) mass is 380 g/mol. The van der Waals surface area contributed by atoms with E-state index in [4.69, 9.17) is 4.74 Å². The van der Waals surface area contributed by atoms with Crippen LogP contribution in [-0.2, 0) is 4.74 Å². The fourth-order valence-corrected chi connectivity index (χ4v) is 4.07. The van der Waals surface area contributed by atoms with Crippen LogP contribution in [0.4, 0.5) is 10.5 Å². The van der Waals surface area contributed by atoms with Gasteiger partial charge in [-0.3, -0.25) is 9.88 Å². The molecular weight excluding hydrogens is 352 g/mol. The molecule has 0 saturated carbocycles. The van der Waals surface area contributed by atoms with Crippen molar-refractivity contribution in [2.24, 2.45) is 5.92 Å². The Hall–Kier alpha value is -2.44. The first-order chi connectivity index (χ1) is 13.8. The van der Waals surface area contributed by atoms with E-state index in [1.807, 2.05) is 47.4 Å². The molecule has 28 heavy (non-hydrogen) atoms. The Kier molecular flexibility index (Phi) is 6.19. The second-order valence-electron chi connectivity index (χ2n) is 7.56. The molecule has 148 valence electrons. The van der Waals surface area contributed by atoms with E-state index < -0.39 is 0 Å². The van der Waals surface area contributed by atoms with Crippen LogP contribution in [0.3, 0.4) is 0 Å². The summed E-state index contributed by atoms with van der Waals surface area (Å²) in [4.78, 5) is 21.8. The van der Waals surface area contributed by atoms with Gasteiger partial charge in [0.15, 0.2) is 0 Å². The van der Waals surface area contributed by atoms with Gasteiger partial charge < -0.3 is 15.0 Å². The molecule has 2 saturated heterocycles. The quantitative estimate of drug-likeness (QED) is 0.884. The zero-order valence-corrected chi connectivity index (χ0v) is 16.2. The molecule has 0 radical (unpaired) electrons. The van der Waals surface area contributed by atoms with Gasteiger partial charge in [0, 0.05) is 44.5 Å². The van der Waals surface area contributed by atoms with Crippen LogP contribution in [-0.4, -0.2) is 66.8 Å². The summed E-state index contributed by atoms with van der Waals surface area (Å²) in [6, 6.07) is 13.7. The number of pyridine rings is 1. The lowest BCUT2D eigenvalue weighted by atomic mass is 9.97. The van der Waals surface area contributed by atoms with E-state index in [1.165, 1.54) is 6.42 Å². The summed E-state index contributed by atoms with van der Waals surface area (Å²) in [7, 11) is 0. The predicted octanol–water partition coefficient (Wildman–Crippen LogP) is 3.32. The van der Waals surface area contributed by atoms with Gasteiger partial charge in [-0.05, 0) is 30.9 Å². The Bertz CT molecular complexity index is 777. The topological polar surface area (TPSA) is 57.7 Å². The number of likely N-dealkylation sites (tertiary alicyclic amines) is 1. The Labute approximate surface area is 166 Å². The lowest BCUT2D eigenvalue weighted by Gasteiger charge is -2.36. The molecule has 2 aromatic rings. The highest BCUT2D eigenvalue weighted by Gasteiger charge is 2.26. The van der Waals surface area contributed by atoms with E-state index >= 15 is 0 Å². The number of aromatic nitrogens is 1. The highest BCUT2D eigenvalue weighted by molar-refractivity contribution is 5.93. The van der Waals surface area contributed by atoms with Crippen LogP contribution >= 0.6 is 0 Å². The second kappa shape index (κ2) is 9.17. The Morgan fingerprint density at radius 1 is 1.11 bits per heavy atom. The van der Waals surface area contributed by atoms with Crippen LogP contribution in [0, 0.1) is 5.92 Å². The largest absolute Gasteiger partial charge is 0.379 e. The van der Waals surface area contributed by atoms with Crippen LogP contribution < -0.4 is 5.32 Å². The number of amides is 2. The third-order valence-electron chi connectivity index (χ3n) is 5.52. The fraction of sp³-hybridized carbons (Fsp3) is 0.455. The molecule has 1 aromatic carbocycles. The van der Waals surface area contributed by atoms with E-state index in [0.717, 1.165) is 69.3 Å². The highest BCUT2D eigenvalue weighted by Crippen LogP contribution is 2.26. The summed E-state index contributed by atoms with van der Waals surface area (Å²) in [5, 5.41) is 3.09. The first-order valence-corrected chi connectivity index (χ1v) is 10.2. The first-order valence-electron chi connectivity index (χ1n) is 10.2. The van der Waals surface area contributed by atoms with Crippen molar-refractivity contribution >= 4 is 11.7 Å². The van der Waals surface area contributed by atoms with Crippen molar-refractivity contribution < 1.29 is 9.53 Å². The van der Waals surface area contributed by atoms with E-state index in [-0.39, 0.29) is 6.03 Å². The van der Waals surface area contributed by atoms with Gasteiger partial charge in [0.05, 0.1) is 24.6 Å². The number of nitrogens with one attached hydrogen (secondary N) is 1. The van der Waals surface area contributed by atoms with E-state index in [9.17, 15) is 4.79 Å². The molecule has 6 nitrogen and oxygen atoms in total. The molecule has 0 spiro atoms. The molecule has 2 aliphatic rings. The third-order valence-corrected chi connectivity index (χ3v) is 5.52. The Balaban J connectivity index is 1.40. The van der Waals surface area contributed by atoms with Gasteiger partial charge >= 0.3 is 6.03 Å². The molecule has 4 rings (SSSR count). The van der Waals surface area contributed by atoms with Crippen molar-refractivity contribution in [3.8, 4) is 11.3 Å². The summed E-state index contributed by atoms with van der Waals surface area (Å²) in [5.74, 6) is 0.528. The van der Waals surface area contributed by atoms with Crippen LogP contribution in [0.25, 0.3) is 11.3 Å². The van der Waals surface area contributed by atoms with Crippen molar-refractivity contribution in [1.82, 2.24) is 14.8 Å². The van der Waals surface area contributed by atoms with E-state index in [0.29, 0.717) is 5.92 Å². The van der Waals surface area contributed by atoms with Crippen molar-refractivity contribution in [2.75, 3.05) is 51.3 Å². The maximum Gasteiger partial charge on any atom is 0.321 e. The van der Waals surface area contributed by atoms with Gasteiger partial charge in [0.2, 0.25) is 0 Å². The predicted molar refractivity (Wildman–Crippen MR) is 110 cm³/mol. The zero-order valence-electron chi connectivity index (χ0n) is 16.2. The van der Waals surface area contributed by atoms with E-state index in [1.54, 1.807) is 6.20 Å². The number of ether oxygens (including phenoxy) is 1. The molecular formula is C22H28N4O2. The van der Waals surface area contributed by atoms with Gasteiger partial charge in [0.25, 0.3) is 0 Å². The molecule has 3 heterocycles. The highest BCUT2D eigenvalue weighted by atomic mass is 16.5. The standard InChI is InChI=1S/C22H28N4O2/c27-22(24-20-9-4-10-23-21(20)19-7-2-1-3-8-19)26-11-5-6-18(17-26)16-25-12-14-28-15-13-25/h1-4,7-10,18H,5-6,11-17H2,(H,24,27)/t18-/m0/s1. The molecule has 2 amide bonds. The lowest BCUT2D eigenvalue weighted by Crippen LogP contribution is -2.47. The molecule has 0 bridgehead atoms. The maximum atomic E-state index is 12.9. The van der Waals surface area contributed by atoms with Crippen LogP contribution in [0.15, 0.2) is 48.7 Å². The van der Waals surface area contributed by atoms with E-state index in [2.05, 4.69) is 15.2 Å². The van der Waals surface area contributed by atoms with Crippen molar-refractivity contribution in [3.05, 3.63) is 48.7 Å². The number of anilines is 1. The number of benzene rings is 1. The summed E-state index contributed by atoms with van der Waals surface area (Å²) >= 11 is 0. The summed E-state index contributed by atoms with van der Waals surface area (Å²) in [6.07, 6.45) is 4.00. The minimum absolute atomic E-state index is 0.0307. The van der Waals surface area contributed by atoms with Gasteiger partial charge in [0.1, 0.15) is 0 Å². The third kappa shape index (κ3) is 4.69. The zero-order chi connectivity index (χ0) is 19.2. The number of hydrogen-bond donors (Lipinski definition) is 1. The Morgan fingerprint density at radius 3 is 2.75 bits per heavy atom. The van der Waals surface area contributed by atoms with Crippen LogP contribution in [0.5, 0.6) is 0 Å². The molecule has 6 heteroatoms. The number of carbonyl (C=O) groups excluding carboxylic acids is 1. The molecule has 2 fully saturated rings. The Morgan fingerprint density at radius 2 is 1.93 bits per heavy atom. The van der Waals surface area contributed by atoms with Crippen molar-refractivity contribution in [3.63, 3.8) is 0 Å². The number of nitrogens with zero attached hydrogens (tertiary/aromatic N) is 3. The molecule has 1 N–H and O–H groups in total. The number of rotatable bonds is 4. The molecule has 0 aliphatic carbocycles. The summed E-state index contributed by atoms with van der Waals surface area (Å²) in [5.41, 5.74) is 2.56. The lowest BCUT2D eigenvalue weighted by molar-refractivity contribution is 0.0252. The number of piperidine rings is 1. The first kappa shape index (κ1) is 18.9. The number of urea groups is 1. The van der Waals surface area contributed by atoms with Gasteiger partial charge in [-0.15, -0.1) is 0 Å². The normalized spacial score (nSPS) is 20.7. The van der Waals surface area contributed by atoms with Crippen LogP contribution in [0.1, 0.15) is 12.8 Å². The maximum absolute atomic E-state index is 12.9. The summed E-state index contributed by atoms with van der Waals surface area (Å²) in [6.45, 7) is 6.31. The smallest absolute Gasteiger partial charge is 0.321 e. The molecule has 0 unspecified atom stereocenters. The molecule has 1 aromatic heterocycles. The van der Waals surface area contributed by atoms with Crippen molar-refractivity contribution in [2.45, 2.75) is 12.8 Å². The SMILES string of the molecule is O=C(Nc1cccnc1-c1ccccc1)N1CCC[C@@H](CN2CCOCC2)C1. The second-order valence-corrected chi connectivity index (χ2v) is 7.56. The molecule has 2 aliphatic heterocycles. The number of hydrogen-bond acceptors (Lipinski definition) is 4. The summed E-state index contributed by atoms with van der Waals surface area (Å²) < 4.78 is 5.44. The van der Waals surface area contributed by atoms with Gasteiger partial charge in [-0.2, -0.15) is 0 Å². The number of morpholine rings is 1. The minimum atomic E-state index is -0.0307.